The van der Waals surface area contributed by atoms with Crippen molar-refractivity contribution < 1.29 is 4.79 Å². The second-order valence-electron chi connectivity index (χ2n) is 6.31. The zero-order chi connectivity index (χ0) is 21.0. The number of carbonyl (C=O) groups excluding carboxylic acids is 1. The van der Waals surface area contributed by atoms with Crippen LogP contribution in [0.5, 0.6) is 0 Å². The molecule has 3 aromatic rings. The molecule has 29 heavy (non-hydrogen) atoms. The zero-order valence-corrected chi connectivity index (χ0v) is 17.0. The molecule has 0 aliphatic heterocycles. The number of amides is 1. The van der Waals surface area contributed by atoms with Crippen molar-refractivity contribution in [1.29, 1.82) is 0 Å². The first-order valence-corrected chi connectivity index (χ1v) is 9.98. The summed E-state index contributed by atoms with van der Waals surface area (Å²) < 4.78 is 3.06. The van der Waals surface area contributed by atoms with Crippen LogP contribution >= 0.6 is 11.8 Å². The average molecular weight is 414 g/mol. The number of aromatic nitrogens is 4. The number of thioether (sulfide) groups is 1. The second-order valence-corrected chi connectivity index (χ2v) is 7.25. The van der Waals surface area contributed by atoms with Crippen LogP contribution in [-0.2, 0) is 18.4 Å². The van der Waals surface area contributed by atoms with Crippen LogP contribution in [0.3, 0.4) is 0 Å². The predicted molar refractivity (Wildman–Crippen MR) is 113 cm³/mol. The molecule has 3 N–H and O–H groups in total. The van der Waals surface area contributed by atoms with E-state index in [1.807, 2.05) is 37.4 Å². The van der Waals surface area contributed by atoms with Crippen LogP contribution in [0.2, 0.25) is 0 Å². The molecule has 0 bridgehead atoms. The van der Waals surface area contributed by atoms with E-state index in [-0.39, 0.29) is 36.3 Å². The van der Waals surface area contributed by atoms with Crippen molar-refractivity contribution in [2.75, 3.05) is 22.9 Å². The van der Waals surface area contributed by atoms with Crippen LogP contribution in [0, 0.1) is 0 Å². The third kappa shape index (κ3) is 4.43. The highest BCUT2D eigenvalue weighted by molar-refractivity contribution is 7.99. The van der Waals surface area contributed by atoms with Gasteiger partial charge in [0.15, 0.2) is 10.8 Å². The summed E-state index contributed by atoms with van der Waals surface area (Å²) in [4.78, 5) is 45.4. The number of anilines is 2. The number of nitrogens with two attached hydrogens (primary N) is 1. The molecule has 0 fully saturated rings. The number of nitrogens with zero attached hydrogens (tertiary/aromatic N) is 4. The highest BCUT2D eigenvalue weighted by Crippen LogP contribution is 2.21. The molecule has 0 aliphatic carbocycles. The Morgan fingerprint density at radius 1 is 1.28 bits per heavy atom. The number of nitrogens with one attached hydrogen (secondary N) is 1. The SMILES string of the molecule is CCN(C(=O)CSc1nccn1C)c1c(N)n(Cc2ccccc2)c(=O)[nH]c1=O. The van der Waals surface area contributed by atoms with Gasteiger partial charge in [-0.05, 0) is 12.5 Å². The Hall–Kier alpha value is -3.27. The zero-order valence-electron chi connectivity index (χ0n) is 16.2. The number of H-pyrrole nitrogens is 1. The number of rotatable bonds is 7. The number of benzene rings is 1. The monoisotopic (exact) mass is 414 g/mol. The molecule has 9 nitrogen and oxygen atoms in total. The Morgan fingerprint density at radius 2 is 2.00 bits per heavy atom. The third-order valence-electron chi connectivity index (χ3n) is 4.39. The predicted octanol–water partition coefficient (Wildman–Crippen LogP) is 1.05. The summed E-state index contributed by atoms with van der Waals surface area (Å²) in [5.74, 6) is -0.266. The summed E-state index contributed by atoms with van der Waals surface area (Å²) >= 11 is 1.26. The fourth-order valence-corrected chi connectivity index (χ4v) is 3.72. The van der Waals surface area contributed by atoms with Gasteiger partial charge in [-0.2, -0.15) is 0 Å². The minimum Gasteiger partial charge on any atom is -0.383 e. The van der Waals surface area contributed by atoms with Crippen molar-refractivity contribution >= 4 is 29.2 Å². The summed E-state index contributed by atoms with van der Waals surface area (Å²) in [5, 5.41) is 0.685. The molecular weight excluding hydrogens is 392 g/mol. The van der Waals surface area contributed by atoms with Gasteiger partial charge >= 0.3 is 5.69 Å². The summed E-state index contributed by atoms with van der Waals surface area (Å²) in [6.45, 7) is 2.16. The number of aromatic amines is 1. The van der Waals surface area contributed by atoms with E-state index in [9.17, 15) is 14.4 Å². The maximum Gasteiger partial charge on any atom is 0.330 e. The fourth-order valence-electron chi connectivity index (χ4n) is 2.92. The maximum atomic E-state index is 12.8. The molecule has 1 amide bonds. The smallest absolute Gasteiger partial charge is 0.330 e. The fraction of sp³-hybridized carbons (Fsp3) is 0.263. The lowest BCUT2D eigenvalue weighted by Gasteiger charge is -2.23. The normalized spacial score (nSPS) is 10.8. The van der Waals surface area contributed by atoms with Crippen LogP contribution < -0.4 is 21.9 Å². The average Bonchev–Trinajstić information content (AvgIpc) is 3.12. The van der Waals surface area contributed by atoms with Crippen molar-refractivity contribution in [3.05, 3.63) is 69.1 Å². The van der Waals surface area contributed by atoms with Crippen LogP contribution in [0.1, 0.15) is 12.5 Å². The van der Waals surface area contributed by atoms with Crippen molar-refractivity contribution in [1.82, 2.24) is 19.1 Å². The van der Waals surface area contributed by atoms with E-state index in [1.54, 1.807) is 23.9 Å². The molecule has 3 rings (SSSR count). The van der Waals surface area contributed by atoms with Gasteiger partial charge in [-0.1, -0.05) is 42.1 Å². The van der Waals surface area contributed by atoms with E-state index in [0.717, 1.165) is 5.56 Å². The largest absolute Gasteiger partial charge is 0.383 e. The number of hydrogen-bond donors (Lipinski definition) is 2. The molecular formula is C19H22N6O3S. The highest BCUT2D eigenvalue weighted by atomic mass is 32.2. The molecule has 0 unspecified atom stereocenters. The van der Waals surface area contributed by atoms with E-state index in [1.165, 1.54) is 21.2 Å². The molecule has 1 aromatic carbocycles. The van der Waals surface area contributed by atoms with Crippen molar-refractivity contribution in [2.45, 2.75) is 18.6 Å². The van der Waals surface area contributed by atoms with Crippen molar-refractivity contribution in [3.63, 3.8) is 0 Å². The molecule has 0 saturated carbocycles. The van der Waals surface area contributed by atoms with Crippen LogP contribution in [0.15, 0.2) is 57.5 Å². The number of aryl methyl sites for hydroxylation is 1. The first-order valence-electron chi connectivity index (χ1n) is 8.99. The van der Waals surface area contributed by atoms with Crippen molar-refractivity contribution in [3.8, 4) is 0 Å². The molecule has 2 heterocycles. The van der Waals surface area contributed by atoms with E-state index in [4.69, 9.17) is 5.73 Å². The molecule has 0 aliphatic rings. The Bertz CT molecular complexity index is 1120. The van der Waals surface area contributed by atoms with E-state index in [0.29, 0.717) is 5.16 Å². The Morgan fingerprint density at radius 3 is 2.62 bits per heavy atom. The van der Waals surface area contributed by atoms with E-state index in [2.05, 4.69) is 9.97 Å². The summed E-state index contributed by atoms with van der Waals surface area (Å²) in [6, 6.07) is 9.26. The van der Waals surface area contributed by atoms with Gasteiger partial charge in [0.25, 0.3) is 5.56 Å². The lowest BCUT2D eigenvalue weighted by molar-refractivity contribution is -0.116. The van der Waals surface area contributed by atoms with Gasteiger partial charge in [0.2, 0.25) is 5.91 Å². The Kier molecular flexibility index (Phi) is 6.23. The lowest BCUT2D eigenvalue weighted by atomic mass is 10.2. The number of carbonyl (C=O) groups is 1. The molecule has 152 valence electrons. The molecule has 2 aromatic heterocycles. The van der Waals surface area contributed by atoms with Crippen LogP contribution in [0.25, 0.3) is 0 Å². The second kappa shape index (κ2) is 8.82. The molecule has 10 heteroatoms. The maximum absolute atomic E-state index is 12.8. The van der Waals surface area contributed by atoms with Gasteiger partial charge in [-0.3, -0.25) is 19.1 Å². The van der Waals surface area contributed by atoms with Gasteiger partial charge in [0, 0.05) is 26.0 Å². The molecule has 0 radical (unpaired) electrons. The van der Waals surface area contributed by atoms with Crippen molar-refractivity contribution in [2.24, 2.45) is 7.05 Å². The topological polar surface area (TPSA) is 119 Å². The quantitative estimate of drug-likeness (QED) is 0.558. The van der Waals surface area contributed by atoms with Gasteiger partial charge in [-0.15, -0.1) is 0 Å². The van der Waals surface area contributed by atoms with Crippen LogP contribution in [0.4, 0.5) is 11.5 Å². The van der Waals surface area contributed by atoms with Gasteiger partial charge in [0.1, 0.15) is 5.82 Å². The Labute approximate surface area is 171 Å². The van der Waals surface area contributed by atoms with E-state index < -0.39 is 11.2 Å². The minimum atomic E-state index is -0.686. The summed E-state index contributed by atoms with van der Waals surface area (Å²) in [7, 11) is 1.83. The van der Waals surface area contributed by atoms with E-state index >= 15 is 0 Å². The van der Waals surface area contributed by atoms with Gasteiger partial charge in [-0.25, -0.2) is 9.78 Å². The number of imidazole rings is 1. The standard InChI is InChI=1S/C19H22N6O3S/c1-3-24(14(26)12-29-19-21-9-10-23(19)2)15-16(20)25(18(28)22-17(15)27)11-13-7-5-4-6-8-13/h4-10H,3,11-12,20H2,1-2H3,(H,22,27,28). The molecule has 0 saturated heterocycles. The first-order chi connectivity index (χ1) is 13.9. The molecule has 0 atom stereocenters. The Balaban J connectivity index is 1.91. The third-order valence-corrected chi connectivity index (χ3v) is 5.43. The van der Waals surface area contributed by atoms with Gasteiger partial charge in [0.05, 0.1) is 12.3 Å². The van der Waals surface area contributed by atoms with Crippen LogP contribution in [-0.4, -0.2) is 37.3 Å². The number of nitrogen functional groups attached to an aromatic ring is 1. The molecule has 0 spiro atoms. The summed E-state index contributed by atoms with van der Waals surface area (Å²) in [6.07, 6.45) is 3.43. The first kappa shape index (κ1) is 20.5. The summed E-state index contributed by atoms with van der Waals surface area (Å²) in [5.41, 5.74) is 5.71. The highest BCUT2D eigenvalue weighted by Gasteiger charge is 2.23. The number of hydrogen-bond acceptors (Lipinski definition) is 6. The minimum absolute atomic E-state index is 0.0199. The van der Waals surface area contributed by atoms with Gasteiger partial charge < -0.3 is 15.2 Å². The lowest BCUT2D eigenvalue weighted by Crippen LogP contribution is -2.41.